The monoisotopic (exact) mass is 383 g/mol. The Kier molecular flexibility index (Phi) is 5.11. The minimum atomic E-state index is -0.532. The number of benzene rings is 2. The number of oxazole rings is 1. The molecule has 6 nitrogen and oxygen atoms in total. The minimum absolute atomic E-state index is 0.0477. The Labute approximate surface area is 162 Å². The van der Waals surface area contributed by atoms with Crippen LogP contribution >= 0.6 is 0 Å². The van der Waals surface area contributed by atoms with Crippen molar-refractivity contribution in [2.24, 2.45) is 5.41 Å². The summed E-state index contributed by atoms with van der Waals surface area (Å²) in [7, 11) is 1.62. The second kappa shape index (κ2) is 7.69. The Balaban J connectivity index is 1.57. The molecule has 1 aliphatic rings. The number of methoxy groups -OCH3 is 1. The van der Waals surface area contributed by atoms with Crippen molar-refractivity contribution >= 4 is 22.7 Å². The average molecular weight is 383 g/mol. The number of halogens is 1. The quantitative estimate of drug-likeness (QED) is 0.704. The number of rotatable bonds is 5. The molecule has 2 N–H and O–H groups in total. The van der Waals surface area contributed by atoms with Crippen LogP contribution in [0.3, 0.4) is 0 Å². The third kappa shape index (κ3) is 3.63. The van der Waals surface area contributed by atoms with Gasteiger partial charge in [0.1, 0.15) is 11.3 Å². The van der Waals surface area contributed by atoms with Gasteiger partial charge in [0, 0.05) is 24.4 Å². The zero-order chi connectivity index (χ0) is 19.6. The summed E-state index contributed by atoms with van der Waals surface area (Å²) in [6.07, 6.45) is 1.46. The molecule has 1 saturated heterocycles. The van der Waals surface area contributed by atoms with Gasteiger partial charge < -0.3 is 19.8 Å². The van der Waals surface area contributed by atoms with Crippen LogP contribution < -0.4 is 10.6 Å². The first-order valence-corrected chi connectivity index (χ1v) is 9.27. The second-order valence-corrected chi connectivity index (χ2v) is 7.13. The predicted molar refractivity (Wildman–Crippen MR) is 104 cm³/mol. The van der Waals surface area contributed by atoms with Crippen LogP contribution in [0.4, 0.5) is 10.1 Å². The molecule has 2 aromatic carbocycles. The van der Waals surface area contributed by atoms with Gasteiger partial charge in [0.2, 0.25) is 11.8 Å². The van der Waals surface area contributed by atoms with Crippen LogP contribution in [-0.2, 0) is 9.53 Å². The molecular weight excluding hydrogens is 361 g/mol. The van der Waals surface area contributed by atoms with E-state index < -0.39 is 5.41 Å². The summed E-state index contributed by atoms with van der Waals surface area (Å²) in [5.74, 6) is 0.0499. The standard InChI is InChI=1S/C21H22FN3O3/c1-27-13-21(8-10-23-11-9-21)20(26)24-16-6-7-17-18(12-16)28-19(25-17)14-2-4-15(22)5-3-14/h2-7,12,23H,8-11,13H2,1H3,(H,24,26). The number of piperidine rings is 1. The molecule has 0 aliphatic carbocycles. The lowest BCUT2D eigenvalue weighted by Crippen LogP contribution is -2.47. The normalized spacial score (nSPS) is 16.2. The highest BCUT2D eigenvalue weighted by Gasteiger charge is 2.39. The maximum Gasteiger partial charge on any atom is 0.233 e. The second-order valence-electron chi connectivity index (χ2n) is 7.13. The van der Waals surface area contributed by atoms with E-state index >= 15 is 0 Å². The number of nitrogens with one attached hydrogen (secondary N) is 2. The van der Waals surface area contributed by atoms with Gasteiger partial charge in [0.15, 0.2) is 5.58 Å². The molecule has 7 heteroatoms. The molecule has 0 bridgehead atoms. The van der Waals surface area contributed by atoms with Crippen molar-refractivity contribution in [1.82, 2.24) is 10.3 Å². The number of ether oxygens (including phenoxy) is 1. The van der Waals surface area contributed by atoms with E-state index in [1.165, 1.54) is 12.1 Å². The number of carbonyl (C=O) groups excluding carboxylic acids is 1. The SMILES string of the molecule is COCC1(C(=O)Nc2ccc3nc(-c4ccc(F)cc4)oc3c2)CCNCC1. The molecule has 0 spiro atoms. The predicted octanol–water partition coefficient (Wildman–Crippen LogP) is 3.59. The molecule has 0 saturated carbocycles. The van der Waals surface area contributed by atoms with Crippen molar-refractivity contribution in [1.29, 1.82) is 0 Å². The number of aromatic nitrogens is 1. The number of anilines is 1. The van der Waals surface area contributed by atoms with Gasteiger partial charge in [-0.15, -0.1) is 0 Å². The fraction of sp³-hybridized carbons (Fsp3) is 0.333. The molecule has 4 rings (SSSR count). The zero-order valence-electron chi connectivity index (χ0n) is 15.6. The van der Waals surface area contributed by atoms with Crippen molar-refractivity contribution < 1.29 is 18.3 Å². The Morgan fingerprint density at radius 3 is 2.71 bits per heavy atom. The van der Waals surface area contributed by atoms with Gasteiger partial charge in [0.05, 0.1) is 12.0 Å². The van der Waals surface area contributed by atoms with Gasteiger partial charge in [-0.2, -0.15) is 0 Å². The van der Waals surface area contributed by atoms with Crippen LogP contribution in [0, 0.1) is 11.2 Å². The zero-order valence-corrected chi connectivity index (χ0v) is 15.6. The highest BCUT2D eigenvalue weighted by molar-refractivity contribution is 5.97. The molecule has 1 amide bonds. The van der Waals surface area contributed by atoms with E-state index in [2.05, 4.69) is 15.6 Å². The Hall–Kier alpha value is -2.77. The van der Waals surface area contributed by atoms with Gasteiger partial charge in [0.25, 0.3) is 0 Å². The van der Waals surface area contributed by atoms with Crippen LogP contribution in [0.2, 0.25) is 0 Å². The smallest absolute Gasteiger partial charge is 0.233 e. The number of carbonyl (C=O) groups is 1. The average Bonchev–Trinajstić information content (AvgIpc) is 3.13. The molecule has 1 aliphatic heterocycles. The Bertz CT molecular complexity index is 973. The van der Waals surface area contributed by atoms with Crippen molar-refractivity contribution in [2.75, 3.05) is 32.1 Å². The van der Waals surface area contributed by atoms with Gasteiger partial charge in [-0.1, -0.05) is 0 Å². The van der Waals surface area contributed by atoms with Gasteiger partial charge in [-0.3, -0.25) is 4.79 Å². The van der Waals surface area contributed by atoms with E-state index in [1.807, 2.05) is 0 Å². The Morgan fingerprint density at radius 1 is 1.25 bits per heavy atom. The lowest BCUT2D eigenvalue weighted by atomic mass is 9.78. The van der Waals surface area contributed by atoms with Crippen molar-refractivity contribution in [3.8, 4) is 11.5 Å². The van der Waals surface area contributed by atoms with Gasteiger partial charge in [-0.05, 0) is 62.3 Å². The first-order chi connectivity index (χ1) is 13.6. The number of nitrogens with zero attached hydrogens (tertiary/aromatic N) is 1. The fourth-order valence-electron chi connectivity index (χ4n) is 3.60. The third-order valence-electron chi connectivity index (χ3n) is 5.20. The summed E-state index contributed by atoms with van der Waals surface area (Å²) >= 11 is 0. The lowest BCUT2D eigenvalue weighted by Gasteiger charge is -2.35. The highest BCUT2D eigenvalue weighted by Crippen LogP contribution is 2.32. The van der Waals surface area contributed by atoms with E-state index in [4.69, 9.17) is 9.15 Å². The van der Waals surface area contributed by atoms with E-state index in [-0.39, 0.29) is 11.7 Å². The highest BCUT2D eigenvalue weighted by atomic mass is 19.1. The number of fused-ring (bicyclic) bond motifs is 1. The summed E-state index contributed by atoms with van der Waals surface area (Å²) in [6.45, 7) is 1.97. The van der Waals surface area contributed by atoms with Gasteiger partial charge in [-0.25, -0.2) is 9.37 Å². The fourth-order valence-corrected chi connectivity index (χ4v) is 3.60. The van der Waals surface area contributed by atoms with E-state index in [9.17, 15) is 9.18 Å². The number of hydrogen-bond acceptors (Lipinski definition) is 5. The van der Waals surface area contributed by atoms with Crippen LogP contribution in [0.5, 0.6) is 0 Å². The molecule has 146 valence electrons. The summed E-state index contributed by atoms with van der Waals surface area (Å²) < 4.78 is 24.3. The van der Waals surface area contributed by atoms with Crippen LogP contribution in [0.1, 0.15) is 12.8 Å². The van der Waals surface area contributed by atoms with E-state index in [0.29, 0.717) is 34.8 Å². The third-order valence-corrected chi connectivity index (χ3v) is 5.20. The maximum atomic E-state index is 13.1. The maximum absolute atomic E-state index is 13.1. The number of amides is 1. The summed E-state index contributed by atoms with van der Waals surface area (Å²) in [6, 6.07) is 11.3. The summed E-state index contributed by atoms with van der Waals surface area (Å²) in [4.78, 5) is 17.4. The number of hydrogen-bond donors (Lipinski definition) is 2. The van der Waals surface area contributed by atoms with Gasteiger partial charge >= 0.3 is 0 Å². The molecule has 0 radical (unpaired) electrons. The van der Waals surface area contributed by atoms with E-state index in [1.54, 1.807) is 37.4 Å². The minimum Gasteiger partial charge on any atom is -0.436 e. The summed E-state index contributed by atoms with van der Waals surface area (Å²) in [5.41, 5.74) is 2.04. The molecule has 3 aromatic rings. The van der Waals surface area contributed by atoms with Crippen LogP contribution in [-0.4, -0.2) is 37.7 Å². The molecule has 2 heterocycles. The lowest BCUT2D eigenvalue weighted by molar-refractivity contribution is -0.130. The molecular formula is C21H22FN3O3. The topological polar surface area (TPSA) is 76.4 Å². The summed E-state index contributed by atoms with van der Waals surface area (Å²) in [5, 5.41) is 6.28. The molecule has 0 unspecified atom stereocenters. The Morgan fingerprint density at radius 2 is 2.00 bits per heavy atom. The molecule has 0 atom stereocenters. The largest absolute Gasteiger partial charge is 0.436 e. The van der Waals surface area contributed by atoms with Crippen molar-refractivity contribution in [3.63, 3.8) is 0 Å². The van der Waals surface area contributed by atoms with Crippen LogP contribution in [0.15, 0.2) is 46.9 Å². The first kappa shape index (κ1) is 18.6. The molecule has 28 heavy (non-hydrogen) atoms. The molecule has 1 fully saturated rings. The molecule has 1 aromatic heterocycles. The first-order valence-electron chi connectivity index (χ1n) is 9.27. The van der Waals surface area contributed by atoms with E-state index in [0.717, 1.165) is 25.9 Å². The van der Waals surface area contributed by atoms with Crippen molar-refractivity contribution in [2.45, 2.75) is 12.8 Å². The van der Waals surface area contributed by atoms with Crippen molar-refractivity contribution in [3.05, 3.63) is 48.3 Å². The van der Waals surface area contributed by atoms with Crippen LogP contribution in [0.25, 0.3) is 22.6 Å².